The van der Waals surface area contributed by atoms with Crippen molar-refractivity contribution in [2.24, 2.45) is 11.0 Å². The van der Waals surface area contributed by atoms with Crippen LogP contribution in [0.3, 0.4) is 0 Å². The third-order valence-corrected chi connectivity index (χ3v) is 5.24. The van der Waals surface area contributed by atoms with Gasteiger partial charge in [-0.15, -0.1) is 0 Å². The smallest absolute Gasteiger partial charge is 0.341 e. The number of hydrogen-bond donors (Lipinski definition) is 3. The molecule has 0 spiro atoms. The number of rotatable bonds is 11. The van der Waals surface area contributed by atoms with Gasteiger partial charge in [-0.1, -0.05) is 25.4 Å². The van der Waals surface area contributed by atoms with Gasteiger partial charge in [-0.2, -0.15) is 5.10 Å². The molecule has 0 aliphatic rings. The van der Waals surface area contributed by atoms with E-state index in [-0.39, 0.29) is 11.7 Å². The van der Waals surface area contributed by atoms with Crippen molar-refractivity contribution in [1.29, 1.82) is 0 Å². The van der Waals surface area contributed by atoms with E-state index in [9.17, 15) is 14.4 Å². The van der Waals surface area contributed by atoms with Gasteiger partial charge in [0.05, 0.1) is 17.3 Å². The lowest BCUT2D eigenvalue weighted by Crippen LogP contribution is -2.48. The van der Waals surface area contributed by atoms with E-state index < -0.39 is 30.4 Å². The molecular formula is C23H25BrClN3O6. The predicted molar refractivity (Wildman–Crippen MR) is 132 cm³/mol. The zero-order valence-corrected chi connectivity index (χ0v) is 21.1. The summed E-state index contributed by atoms with van der Waals surface area (Å²) in [6.45, 7) is 5.19. The minimum absolute atomic E-state index is 0.198. The Kier molecular flexibility index (Phi) is 10.3. The van der Waals surface area contributed by atoms with Gasteiger partial charge in [0.25, 0.3) is 11.8 Å². The summed E-state index contributed by atoms with van der Waals surface area (Å²) in [6.07, 6.45) is 1.39. The van der Waals surface area contributed by atoms with Gasteiger partial charge in [0, 0.05) is 10.6 Å². The fraction of sp³-hybridized carbons (Fsp3) is 0.304. The normalized spacial score (nSPS) is 11.8. The molecule has 0 aliphatic carbocycles. The Morgan fingerprint density at radius 2 is 1.85 bits per heavy atom. The van der Waals surface area contributed by atoms with Gasteiger partial charge in [-0.05, 0) is 70.7 Å². The van der Waals surface area contributed by atoms with Crippen LogP contribution in [0.1, 0.15) is 36.7 Å². The lowest BCUT2D eigenvalue weighted by molar-refractivity contribution is -0.139. The van der Waals surface area contributed by atoms with Crippen molar-refractivity contribution in [3.8, 4) is 11.5 Å². The highest BCUT2D eigenvalue weighted by molar-refractivity contribution is 9.10. The summed E-state index contributed by atoms with van der Waals surface area (Å²) in [5.41, 5.74) is 3.37. The summed E-state index contributed by atoms with van der Waals surface area (Å²) in [5, 5.41) is 16.0. The lowest BCUT2D eigenvalue weighted by atomic mass is 10.0. The molecule has 1 unspecified atom stereocenters. The minimum atomic E-state index is -1.12. The molecule has 9 nitrogen and oxygen atoms in total. The molecule has 182 valence electrons. The van der Waals surface area contributed by atoms with Gasteiger partial charge >= 0.3 is 5.97 Å². The Bertz CT molecular complexity index is 1060. The molecule has 0 radical (unpaired) electrons. The topological polar surface area (TPSA) is 126 Å². The van der Waals surface area contributed by atoms with Gasteiger partial charge in [0.2, 0.25) is 0 Å². The maximum Gasteiger partial charge on any atom is 0.341 e. The molecule has 11 heteroatoms. The number of benzene rings is 2. The van der Waals surface area contributed by atoms with Crippen molar-refractivity contribution in [1.82, 2.24) is 10.7 Å². The van der Waals surface area contributed by atoms with Gasteiger partial charge < -0.3 is 19.9 Å². The fourth-order valence-corrected chi connectivity index (χ4v) is 3.50. The number of hydrogen-bond acceptors (Lipinski definition) is 6. The summed E-state index contributed by atoms with van der Waals surface area (Å²) in [5.74, 6) is -1.64. The second kappa shape index (κ2) is 13.0. The van der Waals surface area contributed by atoms with Crippen LogP contribution in [0.4, 0.5) is 0 Å². The van der Waals surface area contributed by atoms with E-state index in [1.807, 2.05) is 0 Å². The average molecular weight is 555 g/mol. The first-order chi connectivity index (χ1) is 16.1. The Hall–Kier alpha value is -3.11. The molecule has 0 saturated heterocycles. The van der Waals surface area contributed by atoms with Crippen LogP contribution in [0, 0.1) is 5.92 Å². The van der Waals surface area contributed by atoms with Gasteiger partial charge in [0.1, 0.15) is 6.04 Å². The number of carbonyl (C=O) groups is 3. The van der Waals surface area contributed by atoms with Crippen molar-refractivity contribution >= 4 is 51.5 Å². The summed E-state index contributed by atoms with van der Waals surface area (Å²) < 4.78 is 11.3. The number of carbonyl (C=O) groups excluding carboxylic acids is 2. The maximum atomic E-state index is 12.7. The number of aliphatic carboxylic acids is 1. The molecule has 34 heavy (non-hydrogen) atoms. The van der Waals surface area contributed by atoms with Crippen LogP contribution >= 0.6 is 27.5 Å². The molecule has 1 atom stereocenters. The first-order valence-electron chi connectivity index (χ1n) is 10.3. The van der Waals surface area contributed by atoms with E-state index >= 15 is 0 Å². The maximum absolute atomic E-state index is 12.7. The van der Waals surface area contributed by atoms with Crippen molar-refractivity contribution in [3.05, 3.63) is 57.0 Å². The van der Waals surface area contributed by atoms with Crippen molar-refractivity contribution in [3.63, 3.8) is 0 Å². The predicted octanol–water partition coefficient (Wildman–Crippen LogP) is 3.87. The van der Waals surface area contributed by atoms with Gasteiger partial charge in [0.15, 0.2) is 18.1 Å². The second-order valence-corrected chi connectivity index (χ2v) is 8.67. The number of carboxylic acids is 1. The van der Waals surface area contributed by atoms with E-state index in [0.717, 1.165) is 0 Å². The number of hydrazone groups is 1. The highest BCUT2D eigenvalue weighted by Gasteiger charge is 2.24. The SMILES string of the molecule is CCOc1cc(/C=N/NC(=O)C(NC(=O)c2ccc(Cl)cc2)C(C)C)cc(Br)c1OCC(=O)O. The molecular weight excluding hydrogens is 530 g/mol. The van der Waals surface area contributed by atoms with Crippen LogP contribution in [0.25, 0.3) is 0 Å². The Labute approximate surface area is 210 Å². The molecule has 2 amide bonds. The molecule has 0 bridgehead atoms. The van der Waals surface area contributed by atoms with Gasteiger partial charge in [-0.25, -0.2) is 10.2 Å². The quantitative estimate of drug-likeness (QED) is 0.286. The van der Waals surface area contributed by atoms with Crippen molar-refractivity contribution in [2.75, 3.05) is 13.2 Å². The molecule has 2 rings (SSSR count). The van der Waals surface area contributed by atoms with Crippen LogP contribution in [0.5, 0.6) is 11.5 Å². The summed E-state index contributed by atoms with van der Waals surface area (Å²) >= 11 is 9.18. The van der Waals surface area contributed by atoms with Crippen molar-refractivity contribution in [2.45, 2.75) is 26.8 Å². The Morgan fingerprint density at radius 1 is 1.18 bits per heavy atom. The first kappa shape index (κ1) is 27.1. The summed E-state index contributed by atoms with van der Waals surface area (Å²) in [7, 11) is 0. The van der Waals surface area contributed by atoms with Crippen LogP contribution < -0.4 is 20.2 Å². The third-order valence-electron chi connectivity index (χ3n) is 4.40. The largest absolute Gasteiger partial charge is 0.490 e. The number of amides is 2. The summed E-state index contributed by atoms with van der Waals surface area (Å²) in [6, 6.07) is 8.75. The van der Waals surface area contributed by atoms with Crippen LogP contribution in [-0.2, 0) is 9.59 Å². The lowest BCUT2D eigenvalue weighted by Gasteiger charge is -2.20. The first-order valence-corrected chi connectivity index (χ1v) is 11.5. The number of halogens is 2. The zero-order valence-electron chi connectivity index (χ0n) is 18.8. The molecule has 0 aliphatic heterocycles. The van der Waals surface area contributed by atoms with Crippen LogP contribution in [-0.4, -0.2) is 48.4 Å². The molecule has 0 aromatic heterocycles. The van der Waals surface area contributed by atoms with Crippen molar-refractivity contribution < 1.29 is 29.0 Å². The standard InChI is InChI=1S/C23H25BrClN3O6/c1-4-33-18-10-14(9-17(24)21(18)34-12-19(29)30)11-26-28-23(32)20(13(2)3)27-22(31)15-5-7-16(25)8-6-15/h5-11,13,20H,4,12H2,1-3H3,(H,27,31)(H,28,32)(H,29,30)/b26-11+. The monoisotopic (exact) mass is 553 g/mol. The minimum Gasteiger partial charge on any atom is -0.490 e. The van der Waals surface area contributed by atoms with Crippen LogP contribution in [0.2, 0.25) is 5.02 Å². The van der Waals surface area contributed by atoms with E-state index in [1.165, 1.54) is 6.21 Å². The number of nitrogens with zero attached hydrogens (tertiary/aromatic N) is 1. The molecule has 2 aromatic rings. The van der Waals surface area contributed by atoms with E-state index in [0.29, 0.717) is 33.0 Å². The van der Waals surface area contributed by atoms with E-state index in [4.69, 9.17) is 26.2 Å². The third kappa shape index (κ3) is 8.03. The van der Waals surface area contributed by atoms with Gasteiger partial charge in [-0.3, -0.25) is 9.59 Å². The highest BCUT2D eigenvalue weighted by atomic mass is 79.9. The average Bonchev–Trinajstić information content (AvgIpc) is 2.77. The Balaban J connectivity index is 2.10. The molecule has 2 aromatic carbocycles. The fourth-order valence-electron chi connectivity index (χ4n) is 2.80. The molecule has 0 saturated carbocycles. The van der Waals surface area contributed by atoms with E-state index in [2.05, 4.69) is 31.8 Å². The molecule has 3 N–H and O–H groups in total. The van der Waals surface area contributed by atoms with Crippen LogP contribution in [0.15, 0.2) is 46.0 Å². The zero-order chi connectivity index (χ0) is 25.3. The Morgan fingerprint density at radius 3 is 2.44 bits per heavy atom. The summed E-state index contributed by atoms with van der Waals surface area (Å²) in [4.78, 5) is 36.0. The second-order valence-electron chi connectivity index (χ2n) is 7.38. The highest BCUT2D eigenvalue weighted by Crippen LogP contribution is 2.36. The number of carboxylic acid groups (broad SMARTS) is 1. The van der Waals surface area contributed by atoms with E-state index in [1.54, 1.807) is 57.2 Å². The number of nitrogens with one attached hydrogen (secondary N) is 2. The number of ether oxygens (including phenoxy) is 2. The molecule has 0 heterocycles. The molecule has 0 fully saturated rings.